The van der Waals surface area contributed by atoms with Gasteiger partial charge < -0.3 is 5.73 Å². The topological polar surface area (TPSA) is 29.3 Å². The highest BCUT2D eigenvalue weighted by Crippen LogP contribution is 2.14. The zero-order valence-electron chi connectivity index (χ0n) is 7.98. The molecule has 0 aliphatic carbocycles. The lowest BCUT2D eigenvalue weighted by atomic mass is 10.2. The number of nitrogens with two attached hydrogens (primary N) is 1. The monoisotopic (exact) mass is 180 g/mol. The van der Waals surface area contributed by atoms with Crippen molar-refractivity contribution in [2.24, 2.45) is 5.73 Å². The summed E-state index contributed by atoms with van der Waals surface area (Å²) in [6, 6.07) is 0.146. The van der Waals surface area contributed by atoms with Crippen LogP contribution in [0.3, 0.4) is 0 Å². The summed E-state index contributed by atoms with van der Waals surface area (Å²) in [6.07, 6.45) is 0. The average molecular weight is 180 g/mol. The highest BCUT2D eigenvalue weighted by atomic mass is 19.3. The lowest BCUT2D eigenvalue weighted by molar-refractivity contribution is -0.0295. The summed E-state index contributed by atoms with van der Waals surface area (Å²) in [6.45, 7) is 5.49. The highest BCUT2D eigenvalue weighted by Gasteiger charge is 2.29. The second-order valence-electron chi connectivity index (χ2n) is 3.22. The summed E-state index contributed by atoms with van der Waals surface area (Å²) in [5.41, 5.74) is 4.93. The molecule has 4 heteroatoms. The van der Waals surface area contributed by atoms with E-state index >= 15 is 0 Å². The maximum Gasteiger partial charge on any atom is 0.272 e. The lowest BCUT2D eigenvalue weighted by Crippen LogP contribution is -2.44. The van der Waals surface area contributed by atoms with Crippen molar-refractivity contribution in [2.45, 2.75) is 32.7 Å². The van der Waals surface area contributed by atoms with E-state index in [2.05, 4.69) is 0 Å². The molecule has 0 amide bonds. The van der Waals surface area contributed by atoms with Gasteiger partial charge in [-0.25, -0.2) is 8.78 Å². The number of rotatable bonds is 5. The molecular weight excluding hydrogens is 162 g/mol. The van der Waals surface area contributed by atoms with E-state index in [1.165, 1.54) is 0 Å². The van der Waals surface area contributed by atoms with E-state index < -0.39 is 12.5 Å². The first-order valence-corrected chi connectivity index (χ1v) is 4.25. The summed E-state index contributed by atoms with van der Waals surface area (Å²) < 4.78 is 25.6. The first-order chi connectivity index (χ1) is 5.43. The van der Waals surface area contributed by atoms with E-state index in [4.69, 9.17) is 5.73 Å². The fraction of sp³-hybridized carbons (Fsp3) is 1.00. The van der Waals surface area contributed by atoms with Crippen molar-refractivity contribution >= 4 is 0 Å². The Balaban J connectivity index is 4.01. The van der Waals surface area contributed by atoms with Crippen molar-refractivity contribution < 1.29 is 8.78 Å². The van der Waals surface area contributed by atoms with Gasteiger partial charge in [0.15, 0.2) is 0 Å². The minimum Gasteiger partial charge on any atom is -0.325 e. The molecule has 0 bridgehead atoms. The van der Waals surface area contributed by atoms with Crippen LogP contribution in [0.15, 0.2) is 0 Å². The molecule has 0 unspecified atom stereocenters. The molecule has 0 saturated heterocycles. The van der Waals surface area contributed by atoms with Crippen LogP contribution in [0.1, 0.15) is 20.8 Å². The predicted molar refractivity (Wildman–Crippen MR) is 46.4 cm³/mol. The van der Waals surface area contributed by atoms with Gasteiger partial charge in [-0.2, -0.15) is 0 Å². The summed E-state index contributed by atoms with van der Waals surface area (Å²) in [4.78, 5) is 1.70. The van der Waals surface area contributed by atoms with Crippen LogP contribution in [-0.4, -0.2) is 36.5 Å². The first-order valence-electron chi connectivity index (χ1n) is 4.25. The summed E-state index contributed by atoms with van der Waals surface area (Å²) >= 11 is 0. The molecule has 0 heterocycles. The molecule has 0 rings (SSSR count). The van der Waals surface area contributed by atoms with Gasteiger partial charge in [0.1, 0.15) is 0 Å². The zero-order chi connectivity index (χ0) is 9.78. The van der Waals surface area contributed by atoms with E-state index in [1.807, 2.05) is 20.8 Å². The molecule has 0 aromatic heterocycles. The van der Waals surface area contributed by atoms with Gasteiger partial charge in [-0.15, -0.1) is 0 Å². The van der Waals surface area contributed by atoms with Gasteiger partial charge in [0.2, 0.25) is 0 Å². The normalized spacial score (nSPS) is 13.0. The second-order valence-corrected chi connectivity index (χ2v) is 3.22. The SMILES string of the molecule is CCN(CC(F)(F)CN)C(C)C. The summed E-state index contributed by atoms with van der Waals surface area (Å²) in [7, 11) is 0. The second kappa shape index (κ2) is 4.72. The van der Waals surface area contributed by atoms with Crippen molar-refractivity contribution in [3.8, 4) is 0 Å². The van der Waals surface area contributed by atoms with Gasteiger partial charge in [-0.3, -0.25) is 4.90 Å². The van der Waals surface area contributed by atoms with Crippen molar-refractivity contribution in [3.05, 3.63) is 0 Å². The zero-order valence-corrected chi connectivity index (χ0v) is 7.98. The number of hydrogen-bond donors (Lipinski definition) is 1. The predicted octanol–water partition coefficient (Wildman–Crippen LogP) is 1.31. The number of hydrogen-bond acceptors (Lipinski definition) is 2. The molecule has 0 radical (unpaired) electrons. The van der Waals surface area contributed by atoms with Gasteiger partial charge >= 0.3 is 0 Å². The van der Waals surface area contributed by atoms with Crippen LogP contribution in [0.25, 0.3) is 0 Å². The Bertz CT molecular complexity index is 126. The minimum atomic E-state index is -2.75. The largest absolute Gasteiger partial charge is 0.325 e. The molecule has 0 aliphatic rings. The van der Waals surface area contributed by atoms with Crippen molar-refractivity contribution in [1.29, 1.82) is 0 Å². The average Bonchev–Trinajstić information content (AvgIpc) is 2.00. The lowest BCUT2D eigenvalue weighted by Gasteiger charge is -2.28. The van der Waals surface area contributed by atoms with Gasteiger partial charge in [0.25, 0.3) is 5.92 Å². The molecule has 0 aromatic carbocycles. The van der Waals surface area contributed by atoms with E-state index in [0.717, 1.165) is 0 Å². The standard InChI is InChI=1S/C8H18F2N2/c1-4-12(7(2)3)6-8(9,10)5-11/h7H,4-6,11H2,1-3H3. The van der Waals surface area contributed by atoms with Crippen molar-refractivity contribution in [2.75, 3.05) is 19.6 Å². The molecule has 12 heavy (non-hydrogen) atoms. The molecule has 0 aliphatic heterocycles. The molecule has 0 fully saturated rings. The van der Waals surface area contributed by atoms with Crippen LogP contribution in [-0.2, 0) is 0 Å². The van der Waals surface area contributed by atoms with Gasteiger partial charge in [0, 0.05) is 6.04 Å². The highest BCUT2D eigenvalue weighted by molar-refractivity contribution is 4.74. The van der Waals surface area contributed by atoms with Crippen molar-refractivity contribution in [1.82, 2.24) is 4.90 Å². The van der Waals surface area contributed by atoms with E-state index in [-0.39, 0.29) is 12.6 Å². The molecule has 74 valence electrons. The van der Waals surface area contributed by atoms with Crippen molar-refractivity contribution in [3.63, 3.8) is 0 Å². The smallest absolute Gasteiger partial charge is 0.272 e. The van der Waals surface area contributed by atoms with Crippen LogP contribution in [0.4, 0.5) is 8.78 Å². The number of nitrogens with zero attached hydrogens (tertiary/aromatic N) is 1. The Morgan fingerprint density at radius 2 is 1.92 bits per heavy atom. The Morgan fingerprint density at radius 1 is 1.42 bits per heavy atom. The quantitative estimate of drug-likeness (QED) is 0.691. The van der Waals surface area contributed by atoms with E-state index in [9.17, 15) is 8.78 Å². The van der Waals surface area contributed by atoms with Crippen LogP contribution in [0.2, 0.25) is 0 Å². The number of alkyl halides is 2. The molecule has 0 aromatic rings. The third-order valence-corrected chi connectivity index (χ3v) is 1.87. The third-order valence-electron chi connectivity index (χ3n) is 1.87. The Kier molecular flexibility index (Phi) is 4.63. The molecule has 2 nitrogen and oxygen atoms in total. The molecular formula is C8H18F2N2. The summed E-state index contributed by atoms with van der Waals surface area (Å²) in [5, 5.41) is 0. The van der Waals surface area contributed by atoms with E-state index in [0.29, 0.717) is 6.54 Å². The van der Waals surface area contributed by atoms with Crippen LogP contribution < -0.4 is 5.73 Å². The van der Waals surface area contributed by atoms with Gasteiger partial charge in [-0.05, 0) is 20.4 Å². The fourth-order valence-electron chi connectivity index (χ4n) is 1.02. The van der Waals surface area contributed by atoms with Gasteiger partial charge in [0.05, 0.1) is 13.1 Å². The van der Waals surface area contributed by atoms with E-state index in [1.54, 1.807) is 4.90 Å². The minimum absolute atomic E-state index is 0.146. The number of halogens is 2. The summed E-state index contributed by atoms with van der Waals surface area (Å²) in [5.74, 6) is -2.75. The molecule has 0 spiro atoms. The van der Waals surface area contributed by atoms with Crippen LogP contribution >= 0.6 is 0 Å². The maximum atomic E-state index is 12.8. The Hall–Kier alpha value is -0.220. The van der Waals surface area contributed by atoms with Crippen LogP contribution in [0.5, 0.6) is 0 Å². The Morgan fingerprint density at radius 3 is 2.17 bits per heavy atom. The maximum absolute atomic E-state index is 12.8. The molecule has 2 N–H and O–H groups in total. The fourth-order valence-corrected chi connectivity index (χ4v) is 1.02. The molecule has 0 saturated carbocycles. The first kappa shape index (κ1) is 11.8. The Labute approximate surface area is 72.7 Å². The van der Waals surface area contributed by atoms with Crippen LogP contribution in [0, 0.1) is 0 Å². The van der Waals surface area contributed by atoms with Gasteiger partial charge in [-0.1, -0.05) is 6.92 Å². The third kappa shape index (κ3) is 3.97. The molecule has 0 atom stereocenters.